The Labute approximate surface area is 286 Å². The van der Waals surface area contributed by atoms with Gasteiger partial charge in [-0.2, -0.15) is 5.10 Å². The van der Waals surface area contributed by atoms with Gasteiger partial charge in [0.2, 0.25) is 0 Å². The number of carbonyl (C=O) groups is 1. The third kappa shape index (κ3) is 7.31. The average Bonchev–Trinajstić information content (AvgIpc) is 3.71. The molecule has 2 saturated heterocycles. The van der Waals surface area contributed by atoms with Gasteiger partial charge in [-0.1, -0.05) is 11.6 Å². The molecular weight excluding hydrogens is 624 g/mol. The fraction of sp³-hybridized carbons (Fsp3) is 0.583. The zero-order valence-corrected chi connectivity index (χ0v) is 29.1. The van der Waals surface area contributed by atoms with Crippen LogP contribution in [0.1, 0.15) is 84.1 Å². The van der Waals surface area contributed by atoms with Crippen LogP contribution in [0.25, 0.3) is 22.2 Å². The molecule has 13 heteroatoms. The van der Waals surface area contributed by atoms with E-state index in [1.54, 1.807) is 11.8 Å². The van der Waals surface area contributed by atoms with Gasteiger partial charge in [0.25, 0.3) is 5.56 Å². The maximum Gasteiger partial charge on any atom is 0.410 e. The first kappa shape index (κ1) is 33.1. The van der Waals surface area contributed by atoms with Gasteiger partial charge in [-0.15, -0.1) is 5.10 Å². The summed E-state index contributed by atoms with van der Waals surface area (Å²) in [4.78, 5) is 33.9. The Bertz CT molecular complexity index is 1830. The highest BCUT2D eigenvalue weighted by Gasteiger charge is 2.35. The van der Waals surface area contributed by atoms with Crippen LogP contribution in [0.15, 0.2) is 41.5 Å². The molecule has 7 rings (SSSR count). The minimum absolute atomic E-state index is 0.0118. The van der Waals surface area contributed by atoms with Gasteiger partial charge in [0.15, 0.2) is 6.23 Å². The fourth-order valence-corrected chi connectivity index (χ4v) is 7.19. The van der Waals surface area contributed by atoms with Crippen molar-refractivity contribution in [3.8, 4) is 17.0 Å². The third-order valence-electron chi connectivity index (χ3n) is 9.94. The van der Waals surface area contributed by atoms with Crippen LogP contribution >= 0.6 is 0 Å². The van der Waals surface area contributed by atoms with E-state index < -0.39 is 5.60 Å². The van der Waals surface area contributed by atoms with Gasteiger partial charge in [0.1, 0.15) is 22.7 Å². The summed E-state index contributed by atoms with van der Waals surface area (Å²) in [7, 11) is 1.65. The number of anilines is 1. The predicted molar refractivity (Wildman–Crippen MR) is 186 cm³/mol. The van der Waals surface area contributed by atoms with Crippen molar-refractivity contribution in [2.45, 2.75) is 96.6 Å². The summed E-state index contributed by atoms with van der Waals surface area (Å²) < 4.78 is 21.1. The zero-order valence-electron chi connectivity index (χ0n) is 29.1. The molecule has 2 aliphatic heterocycles. The van der Waals surface area contributed by atoms with E-state index in [0.717, 1.165) is 80.3 Å². The molecule has 1 saturated carbocycles. The van der Waals surface area contributed by atoms with Crippen molar-refractivity contribution in [2.75, 3.05) is 38.3 Å². The van der Waals surface area contributed by atoms with E-state index in [1.165, 1.54) is 6.42 Å². The quantitative estimate of drug-likeness (QED) is 0.236. The Morgan fingerprint density at radius 2 is 1.96 bits per heavy atom. The van der Waals surface area contributed by atoms with Gasteiger partial charge in [0, 0.05) is 49.0 Å². The van der Waals surface area contributed by atoms with E-state index in [9.17, 15) is 9.59 Å². The molecule has 2 atom stereocenters. The Hall–Kier alpha value is -4.39. The Morgan fingerprint density at radius 1 is 1.10 bits per heavy atom. The lowest BCUT2D eigenvalue weighted by Gasteiger charge is -2.42. The fourth-order valence-electron chi connectivity index (χ4n) is 7.19. The molecule has 1 aliphatic carbocycles. The number of amides is 1. The summed E-state index contributed by atoms with van der Waals surface area (Å²) in [5.74, 6) is 1.22. The number of methoxy groups -OCH3 is 1. The van der Waals surface area contributed by atoms with Crippen LogP contribution < -0.4 is 15.2 Å². The summed E-state index contributed by atoms with van der Waals surface area (Å²) in [6.45, 7) is 8.85. The van der Waals surface area contributed by atoms with Crippen LogP contribution in [0.2, 0.25) is 0 Å². The number of rotatable bonds is 9. The third-order valence-corrected chi connectivity index (χ3v) is 9.94. The number of nitrogens with one attached hydrogen (secondary N) is 1. The molecule has 4 aromatic rings. The Kier molecular flexibility index (Phi) is 9.36. The van der Waals surface area contributed by atoms with Crippen molar-refractivity contribution in [1.29, 1.82) is 0 Å². The van der Waals surface area contributed by atoms with E-state index >= 15 is 0 Å². The Balaban J connectivity index is 1.06. The molecule has 0 spiro atoms. The number of fused-ring (bicyclic) bond motifs is 1. The lowest BCUT2D eigenvalue weighted by atomic mass is 9.84. The number of aromatic nitrogens is 6. The van der Waals surface area contributed by atoms with E-state index in [0.29, 0.717) is 42.7 Å². The summed E-state index contributed by atoms with van der Waals surface area (Å²) in [6, 6.07) is 7.73. The standard InChI is InChI=1S/C36H48N8O5/c1-36(2,3)49-35(46)43(20-24-9-7-10-24)26-11-8-15-41(22-26)31-14-13-25(38-34(31)45)21-42-23-30(39-40-42)28-17-27(47-4)18-32-29(28)19-37-44(32)33-12-5-6-16-48-33/h13-14,17-19,23-24,26,33H,5-12,15-16,20-22H2,1-4H3,(H,38,45). The second kappa shape index (κ2) is 13.9. The largest absolute Gasteiger partial charge is 0.497 e. The highest BCUT2D eigenvalue weighted by molar-refractivity contribution is 5.95. The minimum atomic E-state index is -0.561. The van der Waals surface area contributed by atoms with Crippen LogP contribution in [0.3, 0.4) is 0 Å². The molecule has 2 unspecified atom stereocenters. The van der Waals surface area contributed by atoms with E-state index in [1.807, 2.05) is 67.0 Å². The van der Waals surface area contributed by atoms with Gasteiger partial charge >= 0.3 is 6.09 Å². The molecule has 3 aromatic heterocycles. The Morgan fingerprint density at radius 3 is 2.67 bits per heavy atom. The maximum atomic E-state index is 13.5. The number of benzene rings is 1. The predicted octanol–water partition coefficient (Wildman–Crippen LogP) is 5.75. The number of pyridine rings is 1. The molecule has 0 radical (unpaired) electrons. The lowest BCUT2D eigenvalue weighted by Crippen LogP contribution is -2.54. The van der Waals surface area contributed by atoms with Crippen molar-refractivity contribution < 1.29 is 19.0 Å². The molecular formula is C36H48N8O5. The summed E-state index contributed by atoms with van der Waals surface area (Å²) in [5.41, 5.74) is 3.08. The molecule has 3 fully saturated rings. The highest BCUT2D eigenvalue weighted by Crippen LogP contribution is 2.35. The van der Waals surface area contributed by atoms with Crippen LogP contribution in [-0.4, -0.2) is 85.7 Å². The van der Waals surface area contributed by atoms with Crippen molar-refractivity contribution in [2.24, 2.45) is 5.92 Å². The van der Waals surface area contributed by atoms with Crippen molar-refractivity contribution in [3.05, 3.63) is 52.7 Å². The van der Waals surface area contributed by atoms with Crippen molar-refractivity contribution in [1.82, 2.24) is 34.7 Å². The number of aromatic amines is 1. The van der Waals surface area contributed by atoms with E-state index in [2.05, 4.69) is 25.3 Å². The lowest BCUT2D eigenvalue weighted by molar-refractivity contribution is -0.0366. The second-order valence-electron chi connectivity index (χ2n) is 14.7. The number of carbonyl (C=O) groups excluding carboxylic acids is 1. The highest BCUT2D eigenvalue weighted by atomic mass is 16.6. The van der Waals surface area contributed by atoms with Crippen LogP contribution in [-0.2, 0) is 16.0 Å². The number of hydrogen-bond donors (Lipinski definition) is 1. The summed E-state index contributed by atoms with van der Waals surface area (Å²) in [6.07, 6.45) is 11.7. The number of hydrogen-bond acceptors (Lipinski definition) is 9. The monoisotopic (exact) mass is 672 g/mol. The summed E-state index contributed by atoms with van der Waals surface area (Å²) >= 11 is 0. The summed E-state index contributed by atoms with van der Waals surface area (Å²) in [5, 5.41) is 14.5. The molecule has 13 nitrogen and oxygen atoms in total. The van der Waals surface area contributed by atoms with Crippen molar-refractivity contribution in [3.63, 3.8) is 0 Å². The molecule has 1 aromatic carbocycles. The molecule has 262 valence electrons. The second-order valence-corrected chi connectivity index (χ2v) is 14.7. The normalized spacial score (nSPS) is 20.3. The molecule has 3 aliphatic rings. The molecule has 49 heavy (non-hydrogen) atoms. The number of ether oxygens (including phenoxy) is 3. The van der Waals surface area contributed by atoms with Gasteiger partial charge in [-0.3, -0.25) is 4.79 Å². The first-order valence-electron chi connectivity index (χ1n) is 17.7. The van der Waals surface area contributed by atoms with Crippen LogP contribution in [0, 0.1) is 5.92 Å². The molecule has 1 amide bonds. The molecule has 5 heterocycles. The van der Waals surface area contributed by atoms with Gasteiger partial charge in [-0.25, -0.2) is 14.2 Å². The van der Waals surface area contributed by atoms with E-state index in [4.69, 9.17) is 14.2 Å². The molecule has 0 bridgehead atoms. The van der Waals surface area contributed by atoms with Crippen LogP contribution in [0.5, 0.6) is 5.75 Å². The number of piperidine rings is 1. The topological polar surface area (TPSA) is 133 Å². The minimum Gasteiger partial charge on any atom is -0.497 e. The maximum absolute atomic E-state index is 13.5. The first-order valence-corrected chi connectivity index (χ1v) is 17.7. The first-order chi connectivity index (χ1) is 23.6. The van der Waals surface area contributed by atoms with Gasteiger partial charge in [0.05, 0.1) is 37.6 Å². The van der Waals surface area contributed by atoms with Crippen molar-refractivity contribution >= 4 is 22.7 Å². The molecule has 1 N–H and O–H groups in total. The van der Waals surface area contributed by atoms with Crippen LogP contribution in [0.4, 0.5) is 10.5 Å². The zero-order chi connectivity index (χ0) is 34.1. The van der Waals surface area contributed by atoms with Gasteiger partial charge < -0.3 is 29.0 Å². The average molecular weight is 673 g/mol. The van der Waals surface area contributed by atoms with E-state index in [-0.39, 0.29) is 23.9 Å². The SMILES string of the molecule is COc1cc(-c2cn(Cc3ccc(N4CCCC(N(CC5CCC5)C(=O)OC(C)(C)C)C4)c(=O)[nH]3)nn2)c2cnn(C3CCCCO3)c2c1. The number of nitrogens with zero attached hydrogens (tertiary/aromatic N) is 7. The number of H-pyrrole nitrogens is 1. The smallest absolute Gasteiger partial charge is 0.410 e. The van der Waals surface area contributed by atoms with Gasteiger partial charge in [-0.05, 0) is 89.8 Å².